The molecule has 2 aliphatic rings. The average Bonchev–Trinajstić information content (AvgIpc) is 3.42. The zero-order valence-corrected chi connectivity index (χ0v) is 19.9. The highest BCUT2D eigenvalue weighted by molar-refractivity contribution is 7.13. The van der Waals surface area contributed by atoms with Crippen LogP contribution in [0.1, 0.15) is 52.1 Å². The van der Waals surface area contributed by atoms with E-state index in [1.165, 1.54) is 5.69 Å². The van der Waals surface area contributed by atoms with Crippen LogP contribution in [-0.2, 0) is 4.79 Å². The van der Waals surface area contributed by atoms with E-state index >= 15 is 0 Å². The van der Waals surface area contributed by atoms with Crippen molar-refractivity contribution < 1.29 is 4.79 Å². The molecule has 1 aliphatic heterocycles. The van der Waals surface area contributed by atoms with Crippen LogP contribution >= 0.6 is 11.3 Å². The average molecular weight is 448 g/mol. The van der Waals surface area contributed by atoms with Gasteiger partial charge in [0.2, 0.25) is 5.95 Å². The number of nitrogens with zero attached hydrogens (tertiary/aromatic N) is 4. The predicted octanol–water partition coefficient (Wildman–Crippen LogP) is 5.51. The molecule has 1 aliphatic carbocycles. The fourth-order valence-electron chi connectivity index (χ4n) is 4.88. The molecule has 0 saturated carbocycles. The van der Waals surface area contributed by atoms with Crippen molar-refractivity contribution in [3.8, 4) is 10.7 Å². The number of carbonyl (C=O) groups excluding carboxylic acids is 1. The fraction of sp³-hybridized carbons (Fsp3) is 0.400. The topological polar surface area (TPSA) is 63.1 Å². The molecule has 3 heterocycles. The first kappa shape index (κ1) is 20.9. The Balaban J connectivity index is 1.63. The molecule has 1 unspecified atom stereocenters. The minimum absolute atomic E-state index is 0.0706. The summed E-state index contributed by atoms with van der Waals surface area (Å²) < 4.78 is 1.90. The van der Waals surface area contributed by atoms with Gasteiger partial charge in [0.25, 0.3) is 0 Å². The Morgan fingerprint density at radius 2 is 1.91 bits per heavy atom. The smallest absolute Gasteiger partial charge is 0.226 e. The fourth-order valence-corrected chi connectivity index (χ4v) is 5.54. The number of anilines is 2. The van der Waals surface area contributed by atoms with Crippen molar-refractivity contribution in [1.82, 2.24) is 14.8 Å². The molecule has 0 bridgehead atoms. The molecule has 0 radical (unpaired) electrons. The molecule has 0 amide bonds. The van der Waals surface area contributed by atoms with E-state index in [4.69, 9.17) is 10.1 Å². The maximum Gasteiger partial charge on any atom is 0.226 e. The Kier molecular flexibility index (Phi) is 5.16. The van der Waals surface area contributed by atoms with Gasteiger partial charge in [-0.25, -0.2) is 4.68 Å². The maximum absolute atomic E-state index is 13.4. The van der Waals surface area contributed by atoms with Crippen molar-refractivity contribution >= 4 is 28.8 Å². The van der Waals surface area contributed by atoms with E-state index in [-0.39, 0.29) is 17.2 Å². The van der Waals surface area contributed by atoms with E-state index in [0.717, 1.165) is 41.2 Å². The van der Waals surface area contributed by atoms with Crippen molar-refractivity contribution in [2.75, 3.05) is 23.3 Å². The first-order valence-corrected chi connectivity index (χ1v) is 12.2. The molecule has 7 heteroatoms. The van der Waals surface area contributed by atoms with Crippen molar-refractivity contribution in [3.05, 3.63) is 58.6 Å². The van der Waals surface area contributed by atoms with E-state index in [1.54, 1.807) is 11.3 Å². The van der Waals surface area contributed by atoms with E-state index < -0.39 is 0 Å². The summed E-state index contributed by atoms with van der Waals surface area (Å²) in [7, 11) is 0. The molecule has 1 aromatic carbocycles. The van der Waals surface area contributed by atoms with Crippen LogP contribution in [0.3, 0.4) is 0 Å². The van der Waals surface area contributed by atoms with Gasteiger partial charge in [0.1, 0.15) is 6.04 Å². The lowest BCUT2D eigenvalue weighted by Gasteiger charge is -2.38. The Morgan fingerprint density at radius 1 is 1.16 bits per heavy atom. The Bertz CT molecular complexity index is 1170. The molecule has 3 aromatic rings. The number of hydrogen-bond donors (Lipinski definition) is 1. The summed E-state index contributed by atoms with van der Waals surface area (Å²) in [5.74, 6) is 1.59. The second-order valence-electron chi connectivity index (χ2n) is 9.31. The van der Waals surface area contributed by atoms with Crippen molar-refractivity contribution in [2.24, 2.45) is 5.41 Å². The second kappa shape index (κ2) is 7.89. The molecule has 0 saturated heterocycles. The number of carbonyl (C=O) groups is 1. The maximum atomic E-state index is 13.4. The number of benzene rings is 1. The molecule has 2 aromatic heterocycles. The molecule has 166 valence electrons. The molecular formula is C25H29N5OS. The molecular weight excluding hydrogens is 418 g/mol. The van der Waals surface area contributed by atoms with Gasteiger partial charge in [-0.15, -0.1) is 16.4 Å². The summed E-state index contributed by atoms with van der Waals surface area (Å²) >= 11 is 1.62. The number of ketones is 1. The molecule has 0 fully saturated rings. The van der Waals surface area contributed by atoms with Crippen molar-refractivity contribution in [2.45, 2.75) is 46.6 Å². The number of rotatable bonds is 5. The third-order valence-electron chi connectivity index (χ3n) is 6.41. The SMILES string of the molecule is CCN(CC)c1ccc(C2C3=C(CC(C)(C)CC3=O)Nc3nc(-c4cccs4)nn32)cc1. The lowest BCUT2D eigenvalue weighted by Crippen LogP contribution is -2.36. The first-order chi connectivity index (χ1) is 15.4. The summed E-state index contributed by atoms with van der Waals surface area (Å²) in [5.41, 5.74) is 4.00. The molecule has 5 rings (SSSR count). The lowest BCUT2D eigenvalue weighted by atomic mass is 9.73. The predicted molar refractivity (Wildman–Crippen MR) is 130 cm³/mol. The zero-order valence-electron chi connectivity index (χ0n) is 19.1. The minimum Gasteiger partial charge on any atom is -0.372 e. The number of thiophene rings is 1. The number of fused-ring (bicyclic) bond motifs is 1. The highest BCUT2D eigenvalue weighted by atomic mass is 32.1. The highest BCUT2D eigenvalue weighted by Crippen LogP contribution is 2.46. The van der Waals surface area contributed by atoms with Gasteiger partial charge in [-0.05, 0) is 54.8 Å². The molecule has 32 heavy (non-hydrogen) atoms. The monoisotopic (exact) mass is 447 g/mol. The quantitative estimate of drug-likeness (QED) is 0.559. The molecule has 1 atom stereocenters. The summed E-state index contributed by atoms with van der Waals surface area (Å²) in [4.78, 5) is 21.5. The third-order valence-corrected chi connectivity index (χ3v) is 7.28. The number of aromatic nitrogens is 3. The third kappa shape index (κ3) is 3.54. The first-order valence-electron chi connectivity index (χ1n) is 11.3. The normalized spacial score (nSPS) is 19.4. The van der Waals surface area contributed by atoms with E-state index in [1.807, 2.05) is 22.2 Å². The van der Waals surface area contributed by atoms with Gasteiger partial charge in [-0.3, -0.25) is 4.79 Å². The van der Waals surface area contributed by atoms with Gasteiger partial charge in [-0.2, -0.15) is 4.98 Å². The van der Waals surface area contributed by atoms with Gasteiger partial charge in [-0.1, -0.05) is 32.0 Å². The summed E-state index contributed by atoms with van der Waals surface area (Å²) in [6.45, 7) is 10.6. The lowest BCUT2D eigenvalue weighted by molar-refractivity contribution is -0.118. The highest BCUT2D eigenvalue weighted by Gasteiger charge is 2.42. The Labute approximate surface area is 193 Å². The summed E-state index contributed by atoms with van der Waals surface area (Å²) in [6.07, 6.45) is 1.37. The number of hydrogen-bond acceptors (Lipinski definition) is 6. The van der Waals surface area contributed by atoms with Gasteiger partial charge < -0.3 is 10.2 Å². The minimum atomic E-state index is -0.267. The number of allylic oxidation sites excluding steroid dienone is 2. The van der Waals surface area contributed by atoms with E-state index in [0.29, 0.717) is 18.2 Å². The van der Waals surface area contributed by atoms with E-state index in [2.05, 4.69) is 62.2 Å². The molecule has 0 spiro atoms. The van der Waals surface area contributed by atoms with Gasteiger partial charge in [0, 0.05) is 36.5 Å². The largest absolute Gasteiger partial charge is 0.372 e. The van der Waals surface area contributed by atoms with Crippen LogP contribution in [0.5, 0.6) is 0 Å². The van der Waals surface area contributed by atoms with Crippen LogP contribution < -0.4 is 10.2 Å². The van der Waals surface area contributed by atoms with Crippen molar-refractivity contribution in [1.29, 1.82) is 0 Å². The van der Waals surface area contributed by atoms with Crippen LogP contribution in [0.15, 0.2) is 53.0 Å². The van der Waals surface area contributed by atoms with Gasteiger partial charge >= 0.3 is 0 Å². The summed E-state index contributed by atoms with van der Waals surface area (Å²) in [5, 5.41) is 10.3. The standard InChI is InChI=1S/C25H29N5OS/c1-5-29(6-2)17-11-9-16(10-12-17)22-21-18(14-25(3,4)15-19(21)31)26-24-27-23(28-30(22)24)20-8-7-13-32-20/h7-13,22H,5-6,14-15H2,1-4H3,(H,26,27,28). The Morgan fingerprint density at radius 3 is 2.56 bits per heavy atom. The Hall–Kier alpha value is -2.93. The van der Waals surface area contributed by atoms with Gasteiger partial charge in [0.05, 0.1) is 4.88 Å². The van der Waals surface area contributed by atoms with Crippen LogP contribution in [0.4, 0.5) is 11.6 Å². The van der Waals surface area contributed by atoms with Crippen LogP contribution in [0, 0.1) is 5.41 Å². The number of Topliss-reactive ketones (excluding diaryl/α,β-unsaturated/α-hetero) is 1. The van der Waals surface area contributed by atoms with Crippen LogP contribution in [0.2, 0.25) is 0 Å². The molecule has 1 N–H and O–H groups in total. The number of nitrogens with one attached hydrogen (secondary N) is 1. The van der Waals surface area contributed by atoms with E-state index in [9.17, 15) is 4.79 Å². The molecule has 6 nitrogen and oxygen atoms in total. The zero-order chi connectivity index (χ0) is 22.5. The van der Waals surface area contributed by atoms with Crippen LogP contribution in [0.25, 0.3) is 10.7 Å². The van der Waals surface area contributed by atoms with Crippen LogP contribution in [-0.4, -0.2) is 33.6 Å². The van der Waals surface area contributed by atoms with Crippen molar-refractivity contribution in [3.63, 3.8) is 0 Å². The second-order valence-corrected chi connectivity index (χ2v) is 10.3. The summed E-state index contributed by atoms with van der Waals surface area (Å²) in [6, 6.07) is 12.3. The van der Waals surface area contributed by atoms with Gasteiger partial charge in [0.15, 0.2) is 11.6 Å².